The third-order valence-corrected chi connectivity index (χ3v) is 6.80. The van der Waals surface area contributed by atoms with E-state index in [0.717, 1.165) is 19.6 Å². The van der Waals surface area contributed by atoms with Gasteiger partial charge in [-0.25, -0.2) is 4.31 Å². The minimum atomic E-state index is 0.217. The molecule has 1 aliphatic carbocycles. The lowest BCUT2D eigenvalue weighted by Gasteiger charge is -2.46. The van der Waals surface area contributed by atoms with Crippen LogP contribution in [0.4, 0.5) is 0 Å². The molecule has 1 aromatic rings. The summed E-state index contributed by atoms with van der Waals surface area (Å²) < 4.78 is 2.58. The summed E-state index contributed by atoms with van der Waals surface area (Å²) in [5, 5.41) is 3.48. The summed E-state index contributed by atoms with van der Waals surface area (Å²) >= 11 is 1.93. The highest BCUT2D eigenvalue weighted by molar-refractivity contribution is 7.97. The third-order valence-electron chi connectivity index (χ3n) is 5.75. The van der Waals surface area contributed by atoms with Crippen molar-refractivity contribution < 1.29 is 0 Å². The zero-order chi connectivity index (χ0) is 18.5. The van der Waals surface area contributed by atoms with Crippen LogP contribution in [-0.2, 0) is 5.41 Å². The van der Waals surface area contributed by atoms with Gasteiger partial charge in [-0.3, -0.25) is 0 Å². The molecular formula is C22H31N3S. The first kappa shape index (κ1) is 18.1. The molecule has 0 bridgehead atoms. The van der Waals surface area contributed by atoms with Crippen molar-refractivity contribution in [1.82, 2.24) is 14.5 Å². The van der Waals surface area contributed by atoms with Gasteiger partial charge >= 0.3 is 0 Å². The molecule has 1 saturated heterocycles. The molecular weight excluding hydrogens is 338 g/mol. The monoisotopic (exact) mass is 369 g/mol. The maximum Gasteiger partial charge on any atom is 0.0578 e. The average molecular weight is 370 g/mol. The molecule has 1 unspecified atom stereocenters. The van der Waals surface area contributed by atoms with Gasteiger partial charge in [-0.05, 0) is 61.7 Å². The quantitative estimate of drug-likeness (QED) is 0.797. The Balaban J connectivity index is 1.49. The predicted octanol–water partition coefficient (Wildman–Crippen LogP) is 4.39. The Labute approximate surface area is 162 Å². The van der Waals surface area contributed by atoms with Crippen LogP contribution in [0.3, 0.4) is 0 Å². The van der Waals surface area contributed by atoms with E-state index in [1.54, 1.807) is 5.57 Å². The largest absolute Gasteiger partial charge is 0.356 e. The Morgan fingerprint density at radius 2 is 1.92 bits per heavy atom. The minimum absolute atomic E-state index is 0.217. The van der Waals surface area contributed by atoms with E-state index in [-0.39, 0.29) is 10.8 Å². The van der Waals surface area contributed by atoms with Crippen LogP contribution in [0, 0.1) is 5.41 Å². The summed E-state index contributed by atoms with van der Waals surface area (Å²) in [7, 11) is 4.40. The molecule has 4 rings (SSSR count). The average Bonchev–Trinajstić information content (AvgIpc) is 3.28. The molecule has 2 aliphatic heterocycles. The number of hydrogen-bond acceptors (Lipinski definition) is 4. The van der Waals surface area contributed by atoms with Crippen LogP contribution in [-0.4, -0.2) is 42.9 Å². The van der Waals surface area contributed by atoms with Crippen molar-refractivity contribution in [1.29, 1.82) is 0 Å². The Bertz CT molecular complexity index is 755. The molecule has 3 aliphatic rings. The number of nitrogens with zero attached hydrogens (tertiary/aromatic N) is 2. The lowest BCUT2D eigenvalue weighted by Crippen LogP contribution is -2.47. The molecule has 0 saturated carbocycles. The Morgan fingerprint density at radius 3 is 2.58 bits per heavy atom. The number of benzene rings is 1. The first-order valence-corrected chi connectivity index (χ1v) is 10.4. The lowest BCUT2D eigenvalue weighted by molar-refractivity contribution is 0.168. The fourth-order valence-electron chi connectivity index (χ4n) is 4.39. The molecule has 0 spiro atoms. The predicted molar refractivity (Wildman–Crippen MR) is 111 cm³/mol. The normalized spacial score (nSPS) is 25.5. The summed E-state index contributed by atoms with van der Waals surface area (Å²) in [4.78, 5) is 3.71. The summed E-state index contributed by atoms with van der Waals surface area (Å²) in [6.45, 7) is 10.2. The van der Waals surface area contributed by atoms with Gasteiger partial charge in [-0.1, -0.05) is 38.5 Å². The number of piperidine rings is 1. The molecule has 4 heteroatoms. The van der Waals surface area contributed by atoms with E-state index in [4.69, 9.17) is 0 Å². The smallest absolute Gasteiger partial charge is 0.0578 e. The van der Waals surface area contributed by atoms with Crippen molar-refractivity contribution in [3.63, 3.8) is 0 Å². The van der Waals surface area contributed by atoms with Crippen molar-refractivity contribution in [2.24, 2.45) is 5.41 Å². The number of allylic oxidation sites excluding steroid dienone is 2. The molecule has 0 aromatic heterocycles. The Hall–Kier alpha value is -1.23. The molecule has 3 nitrogen and oxygen atoms in total. The topological polar surface area (TPSA) is 28.4 Å². The van der Waals surface area contributed by atoms with Crippen molar-refractivity contribution in [2.75, 3.05) is 33.7 Å². The highest BCUT2D eigenvalue weighted by Gasteiger charge is 2.46. The Kier molecular flexibility index (Phi) is 4.49. The van der Waals surface area contributed by atoms with Crippen LogP contribution in [0.15, 0.2) is 52.2 Å². The first-order valence-electron chi connectivity index (χ1n) is 9.65. The maximum atomic E-state index is 3.48. The maximum absolute atomic E-state index is 3.48. The molecule has 1 aromatic carbocycles. The molecule has 26 heavy (non-hydrogen) atoms. The lowest BCUT2D eigenvalue weighted by atomic mass is 9.71. The number of rotatable bonds is 4. The van der Waals surface area contributed by atoms with E-state index >= 15 is 0 Å². The summed E-state index contributed by atoms with van der Waals surface area (Å²) in [6.07, 6.45) is 4.79. The second kappa shape index (κ2) is 6.43. The van der Waals surface area contributed by atoms with E-state index in [1.807, 2.05) is 11.9 Å². The van der Waals surface area contributed by atoms with Crippen LogP contribution in [0.5, 0.6) is 0 Å². The highest BCUT2D eigenvalue weighted by atomic mass is 32.2. The molecule has 0 amide bonds. The van der Waals surface area contributed by atoms with Gasteiger partial charge in [0.1, 0.15) is 0 Å². The van der Waals surface area contributed by atoms with E-state index in [1.165, 1.54) is 34.7 Å². The van der Waals surface area contributed by atoms with Crippen LogP contribution < -0.4 is 5.32 Å². The van der Waals surface area contributed by atoms with Gasteiger partial charge in [-0.15, -0.1) is 0 Å². The summed E-state index contributed by atoms with van der Waals surface area (Å²) in [5.41, 5.74) is 6.40. The molecule has 140 valence electrons. The number of hydrogen-bond donors (Lipinski definition) is 1. The van der Waals surface area contributed by atoms with Crippen LogP contribution in [0.25, 0.3) is 0 Å². The van der Waals surface area contributed by atoms with Gasteiger partial charge in [0, 0.05) is 42.1 Å². The molecule has 1 fully saturated rings. The SMILES string of the molecule is CN(C)CC12CC3=C(C=C1CCN(Sc1ccc(C(C)(C)C)cc1)C2)N3. The molecule has 1 N–H and O–H groups in total. The van der Waals surface area contributed by atoms with Crippen LogP contribution in [0.1, 0.15) is 39.2 Å². The standard InChI is InChI=1S/C22H31N3S/c1-21(2,3)16-6-8-18(9-7-16)26-25-11-10-17-12-19-20(23-19)13-22(17,15-25)14-24(4)5/h6-9,12,23H,10-11,13-15H2,1-5H3. The zero-order valence-corrected chi connectivity index (χ0v) is 17.5. The zero-order valence-electron chi connectivity index (χ0n) is 16.7. The van der Waals surface area contributed by atoms with Crippen LogP contribution >= 0.6 is 11.9 Å². The number of nitrogens with one attached hydrogen (secondary N) is 1. The summed E-state index contributed by atoms with van der Waals surface area (Å²) in [6, 6.07) is 9.16. The van der Waals surface area contributed by atoms with E-state index in [0.29, 0.717) is 0 Å². The van der Waals surface area contributed by atoms with Crippen molar-refractivity contribution in [3.05, 3.63) is 52.9 Å². The molecule has 2 heterocycles. The third kappa shape index (κ3) is 3.60. The van der Waals surface area contributed by atoms with E-state index < -0.39 is 0 Å². The number of fused-ring (bicyclic) bond motifs is 1. The van der Waals surface area contributed by atoms with Crippen LogP contribution in [0.2, 0.25) is 0 Å². The van der Waals surface area contributed by atoms with Gasteiger partial charge in [0.25, 0.3) is 0 Å². The van der Waals surface area contributed by atoms with Gasteiger partial charge in [0.05, 0.1) is 5.70 Å². The first-order chi connectivity index (χ1) is 12.2. The van der Waals surface area contributed by atoms with E-state index in [9.17, 15) is 0 Å². The van der Waals surface area contributed by atoms with E-state index in [2.05, 4.69) is 79.7 Å². The minimum Gasteiger partial charge on any atom is -0.356 e. The second-order valence-corrected chi connectivity index (χ2v) is 10.5. The molecule has 1 atom stereocenters. The van der Waals surface area contributed by atoms with Crippen molar-refractivity contribution in [2.45, 2.75) is 43.9 Å². The van der Waals surface area contributed by atoms with Crippen molar-refractivity contribution >= 4 is 11.9 Å². The van der Waals surface area contributed by atoms with Crippen molar-refractivity contribution in [3.8, 4) is 0 Å². The van der Waals surface area contributed by atoms with Gasteiger partial charge < -0.3 is 10.2 Å². The fourth-order valence-corrected chi connectivity index (χ4v) is 5.44. The fraction of sp³-hybridized carbons (Fsp3) is 0.545. The summed E-state index contributed by atoms with van der Waals surface area (Å²) in [5.74, 6) is 0. The van der Waals surface area contributed by atoms with Gasteiger partial charge in [-0.2, -0.15) is 0 Å². The van der Waals surface area contributed by atoms with Gasteiger partial charge in [0.2, 0.25) is 0 Å². The highest BCUT2D eigenvalue weighted by Crippen LogP contribution is 2.49. The van der Waals surface area contributed by atoms with Gasteiger partial charge in [0.15, 0.2) is 0 Å². The second-order valence-electron chi connectivity index (χ2n) is 9.36. The Morgan fingerprint density at radius 1 is 1.19 bits per heavy atom. The molecule has 0 radical (unpaired) electrons.